The number of para-hydroxylation sites is 1. The van der Waals surface area contributed by atoms with E-state index in [0.717, 1.165) is 0 Å². The summed E-state index contributed by atoms with van der Waals surface area (Å²) in [4.78, 5) is 23.7. The Morgan fingerprint density at radius 1 is 1.00 bits per heavy atom. The molecule has 7 nitrogen and oxygen atoms in total. The average Bonchev–Trinajstić information content (AvgIpc) is 2.55. The lowest BCUT2D eigenvalue weighted by Gasteiger charge is -2.10. The summed E-state index contributed by atoms with van der Waals surface area (Å²) in [7, 11) is 1.51. The second-order valence-corrected chi connectivity index (χ2v) is 4.81. The molecule has 2 rings (SSSR count). The highest BCUT2D eigenvalue weighted by atomic mass is 16.6. The Balaban J connectivity index is 1.99. The van der Waals surface area contributed by atoms with Crippen LogP contribution in [0.1, 0.15) is 10.4 Å². The number of anilines is 2. The van der Waals surface area contributed by atoms with Gasteiger partial charge < -0.3 is 19.9 Å². The second-order valence-electron chi connectivity index (χ2n) is 4.81. The van der Waals surface area contributed by atoms with Crippen molar-refractivity contribution in [3.05, 3.63) is 54.1 Å². The van der Waals surface area contributed by atoms with Crippen LogP contribution in [0.4, 0.5) is 16.2 Å². The van der Waals surface area contributed by atoms with E-state index in [-0.39, 0.29) is 17.9 Å². The molecular weight excluding hydrogens is 312 g/mol. The van der Waals surface area contributed by atoms with Gasteiger partial charge in [-0.3, -0.25) is 10.1 Å². The SMILES string of the molecule is COCCOC(=O)Nc1cccc(NC(=O)c2ccccc2O)c1. The Kier molecular flexibility index (Phi) is 6.16. The number of aromatic hydroxyl groups is 1. The summed E-state index contributed by atoms with van der Waals surface area (Å²) < 4.78 is 9.68. The fraction of sp³-hybridized carbons (Fsp3) is 0.176. The van der Waals surface area contributed by atoms with Crippen molar-refractivity contribution < 1.29 is 24.2 Å². The Bertz CT molecular complexity index is 718. The Labute approximate surface area is 139 Å². The zero-order valence-corrected chi connectivity index (χ0v) is 13.1. The summed E-state index contributed by atoms with van der Waals surface area (Å²) in [5, 5.41) is 14.9. The van der Waals surface area contributed by atoms with E-state index in [1.165, 1.54) is 19.2 Å². The van der Waals surface area contributed by atoms with E-state index in [1.54, 1.807) is 36.4 Å². The van der Waals surface area contributed by atoms with Gasteiger partial charge in [0.2, 0.25) is 0 Å². The summed E-state index contributed by atoms with van der Waals surface area (Å²) in [6, 6.07) is 12.8. The van der Waals surface area contributed by atoms with Crippen LogP contribution >= 0.6 is 0 Å². The predicted molar refractivity (Wildman–Crippen MR) is 89.3 cm³/mol. The fourth-order valence-electron chi connectivity index (χ4n) is 1.91. The van der Waals surface area contributed by atoms with E-state index >= 15 is 0 Å². The van der Waals surface area contributed by atoms with E-state index < -0.39 is 12.0 Å². The van der Waals surface area contributed by atoms with Gasteiger partial charge in [-0.2, -0.15) is 0 Å². The van der Waals surface area contributed by atoms with Gasteiger partial charge in [-0.25, -0.2) is 4.79 Å². The van der Waals surface area contributed by atoms with Crippen molar-refractivity contribution in [3.63, 3.8) is 0 Å². The van der Waals surface area contributed by atoms with Crippen LogP contribution in [-0.4, -0.2) is 37.4 Å². The van der Waals surface area contributed by atoms with Crippen LogP contribution in [0, 0.1) is 0 Å². The Morgan fingerprint density at radius 2 is 1.71 bits per heavy atom. The molecule has 2 aromatic rings. The number of hydrogen-bond acceptors (Lipinski definition) is 5. The van der Waals surface area contributed by atoms with Gasteiger partial charge in [0.15, 0.2) is 0 Å². The maximum atomic E-state index is 12.1. The average molecular weight is 330 g/mol. The molecule has 0 aliphatic rings. The molecule has 0 saturated carbocycles. The largest absolute Gasteiger partial charge is 0.507 e. The van der Waals surface area contributed by atoms with Gasteiger partial charge in [-0.05, 0) is 30.3 Å². The summed E-state index contributed by atoms with van der Waals surface area (Å²) in [6.45, 7) is 0.454. The standard InChI is InChI=1S/C17H18N2O5/c1-23-9-10-24-17(22)19-13-6-4-5-12(11-13)18-16(21)14-7-2-3-8-15(14)20/h2-8,11,20H,9-10H2,1H3,(H,18,21)(H,19,22). The Morgan fingerprint density at radius 3 is 2.42 bits per heavy atom. The van der Waals surface area contributed by atoms with Crippen LogP contribution < -0.4 is 10.6 Å². The summed E-state index contributed by atoms with van der Waals surface area (Å²) in [5.74, 6) is -0.557. The molecule has 0 fully saturated rings. The minimum absolute atomic E-state index is 0.106. The summed E-state index contributed by atoms with van der Waals surface area (Å²) >= 11 is 0. The molecule has 0 radical (unpaired) electrons. The minimum Gasteiger partial charge on any atom is -0.507 e. The second kappa shape index (κ2) is 8.54. The fourth-order valence-corrected chi connectivity index (χ4v) is 1.91. The Hall–Kier alpha value is -3.06. The lowest BCUT2D eigenvalue weighted by Crippen LogP contribution is -2.17. The predicted octanol–water partition coefficient (Wildman–Crippen LogP) is 2.84. The highest BCUT2D eigenvalue weighted by Crippen LogP contribution is 2.20. The summed E-state index contributed by atoms with van der Waals surface area (Å²) in [5.41, 5.74) is 1.10. The first-order valence-electron chi connectivity index (χ1n) is 7.22. The number of hydrogen-bond donors (Lipinski definition) is 3. The number of benzene rings is 2. The topological polar surface area (TPSA) is 96.9 Å². The van der Waals surface area contributed by atoms with E-state index in [2.05, 4.69) is 10.6 Å². The number of phenols is 1. The molecule has 0 bridgehead atoms. The number of methoxy groups -OCH3 is 1. The molecule has 3 N–H and O–H groups in total. The molecule has 0 atom stereocenters. The van der Waals surface area contributed by atoms with Crippen LogP contribution in [0.3, 0.4) is 0 Å². The molecule has 0 saturated heterocycles. The molecule has 2 aromatic carbocycles. The first kappa shape index (κ1) is 17.3. The number of rotatable bonds is 6. The van der Waals surface area contributed by atoms with Crippen molar-refractivity contribution in [2.24, 2.45) is 0 Å². The maximum absolute atomic E-state index is 12.1. The molecule has 0 aromatic heterocycles. The molecule has 0 unspecified atom stereocenters. The molecule has 0 aliphatic heterocycles. The van der Waals surface area contributed by atoms with Crippen LogP contribution in [-0.2, 0) is 9.47 Å². The van der Waals surface area contributed by atoms with Crippen LogP contribution in [0.2, 0.25) is 0 Å². The van der Waals surface area contributed by atoms with E-state index in [0.29, 0.717) is 18.0 Å². The normalized spacial score (nSPS) is 10.0. The van der Waals surface area contributed by atoms with Crippen molar-refractivity contribution in [1.29, 1.82) is 0 Å². The number of carbonyl (C=O) groups is 2. The molecule has 7 heteroatoms. The van der Waals surface area contributed by atoms with Crippen molar-refractivity contribution in [1.82, 2.24) is 0 Å². The van der Waals surface area contributed by atoms with Gasteiger partial charge in [0.25, 0.3) is 5.91 Å². The molecule has 0 spiro atoms. The van der Waals surface area contributed by atoms with Crippen LogP contribution in [0.15, 0.2) is 48.5 Å². The molecule has 0 heterocycles. The monoisotopic (exact) mass is 330 g/mol. The van der Waals surface area contributed by atoms with E-state index in [1.807, 2.05) is 0 Å². The van der Waals surface area contributed by atoms with Crippen LogP contribution in [0.25, 0.3) is 0 Å². The highest BCUT2D eigenvalue weighted by Gasteiger charge is 2.11. The zero-order chi connectivity index (χ0) is 17.4. The third-order valence-corrected chi connectivity index (χ3v) is 3.04. The van der Waals surface area contributed by atoms with Gasteiger partial charge >= 0.3 is 6.09 Å². The molecular formula is C17H18N2O5. The third kappa shape index (κ3) is 4.99. The van der Waals surface area contributed by atoms with E-state index in [4.69, 9.17) is 9.47 Å². The van der Waals surface area contributed by atoms with E-state index in [9.17, 15) is 14.7 Å². The number of ether oxygens (including phenoxy) is 2. The lowest BCUT2D eigenvalue weighted by atomic mass is 10.2. The first-order valence-corrected chi connectivity index (χ1v) is 7.22. The van der Waals surface area contributed by atoms with Crippen molar-refractivity contribution >= 4 is 23.4 Å². The number of amides is 2. The first-order chi connectivity index (χ1) is 11.6. The smallest absolute Gasteiger partial charge is 0.411 e. The van der Waals surface area contributed by atoms with Gasteiger partial charge in [0, 0.05) is 18.5 Å². The van der Waals surface area contributed by atoms with Gasteiger partial charge in [-0.1, -0.05) is 18.2 Å². The highest BCUT2D eigenvalue weighted by molar-refractivity contribution is 6.06. The van der Waals surface area contributed by atoms with Crippen molar-refractivity contribution in [2.45, 2.75) is 0 Å². The van der Waals surface area contributed by atoms with Crippen LogP contribution in [0.5, 0.6) is 5.75 Å². The molecule has 24 heavy (non-hydrogen) atoms. The lowest BCUT2D eigenvalue weighted by molar-refractivity contribution is 0.102. The number of carbonyl (C=O) groups excluding carboxylic acids is 2. The molecule has 2 amide bonds. The van der Waals surface area contributed by atoms with Gasteiger partial charge in [-0.15, -0.1) is 0 Å². The maximum Gasteiger partial charge on any atom is 0.411 e. The third-order valence-electron chi connectivity index (χ3n) is 3.04. The van der Waals surface area contributed by atoms with Gasteiger partial charge in [0.05, 0.1) is 12.2 Å². The van der Waals surface area contributed by atoms with Gasteiger partial charge in [0.1, 0.15) is 12.4 Å². The molecule has 0 aliphatic carbocycles. The summed E-state index contributed by atoms with van der Waals surface area (Å²) in [6.07, 6.45) is -0.615. The van der Waals surface area contributed by atoms with Crippen molar-refractivity contribution in [2.75, 3.05) is 31.0 Å². The number of nitrogens with one attached hydrogen (secondary N) is 2. The quantitative estimate of drug-likeness (QED) is 0.708. The number of phenolic OH excluding ortho intramolecular Hbond substituents is 1. The van der Waals surface area contributed by atoms with Crippen molar-refractivity contribution in [3.8, 4) is 5.75 Å². The minimum atomic E-state index is -0.615. The zero-order valence-electron chi connectivity index (χ0n) is 13.1. The molecule has 126 valence electrons.